The summed E-state index contributed by atoms with van der Waals surface area (Å²) >= 11 is 22.3. The zero-order valence-electron chi connectivity index (χ0n) is 10.9. The van der Waals surface area contributed by atoms with E-state index in [0.717, 1.165) is 21.7 Å². The van der Waals surface area contributed by atoms with Gasteiger partial charge in [-0.05, 0) is 35.7 Å². The van der Waals surface area contributed by atoms with Gasteiger partial charge in [0.15, 0.2) is 0 Å². The summed E-state index contributed by atoms with van der Waals surface area (Å²) in [6, 6.07) is 9.31. The Hall–Kier alpha value is -0.410. The molecule has 0 saturated heterocycles. The van der Waals surface area contributed by atoms with Crippen LogP contribution in [0, 0.1) is 6.92 Å². The molecule has 0 radical (unpaired) electrons. The standard InChI is InChI=1S/C15H12BrCl3O/c1-8-9(4-3-5-11(8)17)15(16)10-6-13(19)14(20-2)7-12(10)18/h3-7,15H,1-2H3. The Balaban J connectivity index is 2.51. The Kier molecular flexibility index (Phi) is 5.25. The molecule has 0 spiro atoms. The first-order valence-corrected chi connectivity index (χ1v) is 7.92. The molecule has 0 bridgehead atoms. The minimum atomic E-state index is -0.0860. The number of ether oxygens (including phenoxy) is 1. The molecule has 0 aliphatic rings. The van der Waals surface area contributed by atoms with Crippen molar-refractivity contribution in [3.63, 3.8) is 0 Å². The van der Waals surface area contributed by atoms with Gasteiger partial charge in [-0.3, -0.25) is 0 Å². The molecule has 5 heteroatoms. The van der Waals surface area contributed by atoms with Crippen LogP contribution in [0.4, 0.5) is 0 Å². The highest BCUT2D eigenvalue weighted by molar-refractivity contribution is 9.09. The van der Waals surface area contributed by atoms with Crippen LogP contribution in [-0.2, 0) is 0 Å². The van der Waals surface area contributed by atoms with E-state index in [1.807, 2.05) is 31.2 Å². The molecular formula is C15H12BrCl3O. The van der Waals surface area contributed by atoms with Crippen molar-refractivity contribution in [2.45, 2.75) is 11.8 Å². The minimum absolute atomic E-state index is 0.0860. The van der Waals surface area contributed by atoms with Gasteiger partial charge in [0.1, 0.15) is 5.75 Å². The monoisotopic (exact) mass is 392 g/mol. The van der Waals surface area contributed by atoms with E-state index >= 15 is 0 Å². The van der Waals surface area contributed by atoms with Gasteiger partial charge in [0.05, 0.1) is 17.0 Å². The molecule has 0 aliphatic carbocycles. The van der Waals surface area contributed by atoms with E-state index in [9.17, 15) is 0 Å². The average molecular weight is 395 g/mol. The molecule has 0 N–H and O–H groups in total. The number of rotatable bonds is 3. The van der Waals surface area contributed by atoms with E-state index in [1.165, 1.54) is 0 Å². The predicted octanol–water partition coefficient (Wildman–Crippen LogP) is 6.45. The van der Waals surface area contributed by atoms with Gasteiger partial charge >= 0.3 is 0 Å². The van der Waals surface area contributed by atoms with Gasteiger partial charge in [-0.1, -0.05) is 62.9 Å². The third kappa shape index (κ3) is 3.09. The minimum Gasteiger partial charge on any atom is -0.495 e. The Labute approximate surface area is 141 Å². The number of benzene rings is 2. The molecule has 20 heavy (non-hydrogen) atoms. The summed E-state index contributed by atoms with van der Waals surface area (Å²) in [6.07, 6.45) is 0. The third-order valence-electron chi connectivity index (χ3n) is 3.13. The first kappa shape index (κ1) is 16.0. The van der Waals surface area contributed by atoms with Crippen LogP contribution < -0.4 is 4.74 Å². The molecule has 0 amide bonds. The van der Waals surface area contributed by atoms with Gasteiger partial charge in [-0.2, -0.15) is 0 Å². The fourth-order valence-corrected chi connectivity index (χ4v) is 3.66. The topological polar surface area (TPSA) is 9.23 Å². The number of alkyl halides is 1. The van der Waals surface area contributed by atoms with Crippen molar-refractivity contribution < 1.29 is 4.74 Å². The highest BCUT2D eigenvalue weighted by atomic mass is 79.9. The van der Waals surface area contributed by atoms with E-state index < -0.39 is 0 Å². The summed E-state index contributed by atoms with van der Waals surface area (Å²) in [5.41, 5.74) is 2.95. The molecule has 2 rings (SSSR count). The molecular weight excluding hydrogens is 382 g/mol. The molecule has 1 atom stereocenters. The molecule has 106 valence electrons. The van der Waals surface area contributed by atoms with Crippen molar-refractivity contribution in [3.8, 4) is 5.75 Å². The second kappa shape index (κ2) is 6.57. The lowest BCUT2D eigenvalue weighted by atomic mass is 10.0. The second-order valence-corrected chi connectivity index (χ2v) is 6.46. The lowest BCUT2D eigenvalue weighted by Crippen LogP contribution is -1.98. The maximum Gasteiger partial charge on any atom is 0.138 e. The Morgan fingerprint density at radius 2 is 1.70 bits per heavy atom. The highest BCUT2D eigenvalue weighted by Gasteiger charge is 2.19. The summed E-state index contributed by atoms with van der Waals surface area (Å²) in [7, 11) is 1.56. The van der Waals surface area contributed by atoms with E-state index in [4.69, 9.17) is 39.5 Å². The molecule has 0 heterocycles. The van der Waals surface area contributed by atoms with E-state index in [0.29, 0.717) is 15.8 Å². The maximum atomic E-state index is 6.32. The van der Waals surface area contributed by atoms with Crippen LogP contribution in [0.2, 0.25) is 15.1 Å². The Morgan fingerprint density at radius 1 is 1.00 bits per heavy atom. The first-order valence-electron chi connectivity index (χ1n) is 5.87. The van der Waals surface area contributed by atoms with Crippen LogP contribution >= 0.6 is 50.7 Å². The lowest BCUT2D eigenvalue weighted by molar-refractivity contribution is 0.415. The molecule has 2 aromatic rings. The van der Waals surface area contributed by atoms with E-state index in [1.54, 1.807) is 13.2 Å². The second-order valence-electron chi connectivity index (χ2n) is 4.32. The summed E-state index contributed by atoms with van der Waals surface area (Å²) < 4.78 is 5.16. The van der Waals surface area contributed by atoms with Crippen LogP contribution in [0.15, 0.2) is 30.3 Å². The van der Waals surface area contributed by atoms with Crippen molar-refractivity contribution in [2.75, 3.05) is 7.11 Å². The van der Waals surface area contributed by atoms with Crippen LogP contribution in [-0.4, -0.2) is 7.11 Å². The average Bonchev–Trinajstić information content (AvgIpc) is 2.43. The van der Waals surface area contributed by atoms with Gasteiger partial charge < -0.3 is 4.74 Å². The maximum absolute atomic E-state index is 6.32. The summed E-state index contributed by atoms with van der Waals surface area (Å²) in [5.74, 6) is 0.558. The molecule has 0 fully saturated rings. The number of hydrogen-bond donors (Lipinski definition) is 0. The predicted molar refractivity (Wildman–Crippen MR) is 90.0 cm³/mol. The zero-order chi connectivity index (χ0) is 14.9. The van der Waals surface area contributed by atoms with Crippen molar-refractivity contribution in [1.29, 1.82) is 0 Å². The van der Waals surface area contributed by atoms with Crippen LogP contribution in [0.1, 0.15) is 21.5 Å². The van der Waals surface area contributed by atoms with E-state index in [2.05, 4.69) is 15.9 Å². The molecule has 0 aromatic heterocycles. The van der Waals surface area contributed by atoms with Gasteiger partial charge in [0.2, 0.25) is 0 Å². The lowest BCUT2D eigenvalue weighted by Gasteiger charge is -2.17. The summed E-state index contributed by atoms with van der Waals surface area (Å²) in [4.78, 5) is -0.0860. The van der Waals surface area contributed by atoms with Crippen molar-refractivity contribution in [2.24, 2.45) is 0 Å². The summed E-state index contributed by atoms with van der Waals surface area (Å²) in [5, 5.41) is 1.84. The number of hydrogen-bond acceptors (Lipinski definition) is 1. The number of methoxy groups -OCH3 is 1. The van der Waals surface area contributed by atoms with Gasteiger partial charge in [0, 0.05) is 16.1 Å². The fraction of sp³-hybridized carbons (Fsp3) is 0.200. The SMILES string of the molecule is COc1cc(Cl)c(C(Br)c2cccc(Cl)c2C)cc1Cl. The van der Waals surface area contributed by atoms with Crippen LogP contribution in [0.3, 0.4) is 0 Å². The largest absolute Gasteiger partial charge is 0.495 e. The first-order chi connectivity index (χ1) is 9.45. The van der Waals surface area contributed by atoms with Crippen molar-refractivity contribution in [1.82, 2.24) is 0 Å². The van der Waals surface area contributed by atoms with Crippen molar-refractivity contribution >= 4 is 50.7 Å². The quantitative estimate of drug-likeness (QED) is 0.544. The van der Waals surface area contributed by atoms with Crippen LogP contribution in [0.25, 0.3) is 0 Å². The summed E-state index contributed by atoms with van der Waals surface area (Å²) in [6.45, 7) is 1.98. The Morgan fingerprint density at radius 3 is 2.35 bits per heavy atom. The van der Waals surface area contributed by atoms with Gasteiger partial charge in [0.25, 0.3) is 0 Å². The molecule has 1 unspecified atom stereocenters. The molecule has 1 nitrogen and oxygen atoms in total. The smallest absolute Gasteiger partial charge is 0.138 e. The normalized spacial score (nSPS) is 12.3. The highest BCUT2D eigenvalue weighted by Crippen LogP contribution is 2.41. The molecule has 0 aliphatic heterocycles. The van der Waals surface area contributed by atoms with Gasteiger partial charge in [-0.25, -0.2) is 0 Å². The number of halogens is 4. The fourth-order valence-electron chi connectivity index (χ4n) is 1.96. The van der Waals surface area contributed by atoms with Crippen molar-refractivity contribution in [3.05, 3.63) is 62.1 Å². The molecule has 2 aromatic carbocycles. The van der Waals surface area contributed by atoms with Gasteiger partial charge in [-0.15, -0.1) is 0 Å². The van der Waals surface area contributed by atoms with E-state index in [-0.39, 0.29) is 4.83 Å². The zero-order valence-corrected chi connectivity index (χ0v) is 14.7. The van der Waals surface area contributed by atoms with Crippen LogP contribution in [0.5, 0.6) is 5.75 Å². The Bertz CT molecular complexity index is 643. The third-order valence-corrected chi connectivity index (χ3v) is 5.15. The molecule has 0 saturated carbocycles.